The van der Waals surface area contributed by atoms with Crippen LogP contribution in [0.4, 0.5) is 0 Å². The predicted octanol–water partition coefficient (Wildman–Crippen LogP) is 6.93. The molecule has 0 spiro atoms. The van der Waals surface area contributed by atoms with Crippen LogP contribution < -0.4 is 14.8 Å². The molecule has 212 valence electrons. The van der Waals surface area contributed by atoms with E-state index in [0.717, 1.165) is 64.9 Å². The van der Waals surface area contributed by atoms with Gasteiger partial charge in [-0.15, -0.1) is 0 Å². The third kappa shape index (κ3) is 5.27. The van der Waals surface area contributed by atoms with E-state index in [1.807, 2.05) is 49.5 Å². The summed E-state index contributed by atoms with van der Waals surface area (Å²) in [4.78, 5) is 16.4. The van der Waals surface area contributed by atoms with Crippen LogP contribution in [-0.2, 0) is 16.9 Å². The van der Waals surface area contributed by atoms with Crippen LogP contribution in [0.5, 0.6) is 11.5 Å². The number of furan rings is 2. The summed E-state index contributed by atoms with van der Waals surface area (Å²) in [6.45, 7) is 8.39. The summed E-state index contributed by atoms with van der Waals surface area (Å²) in [5, 5.41) is 5.24. The summed E-state index contributed by atoms with van der Waals surface area (Å²) in [5.41, 5.74) is 2.79. The Morgan fingerprint density at radius 1 is 1.12 bits per heavy atom. The molecule has 2 unspecified atom stereocenters. The van der Waals surface area contributed by atoms with Gasteiger partial charge in [-0.25, -0.2) is 4.79 Å². The number of hydrogen-bond acceptors (Lipinski definition) is 8. The SMILES string of the molecule is CCOC(=O)c1cc2cc(OCc3oc4cccc(OC(C)(c5cccnc5)C5CCCNC5)c4c3C)ccc2o1. The molecule has 0 bridgehead atoms. The lowest BCUT2D eigenvalue weighted by Crippen LogP contribution is -2.46. The molecule has 0 saturated carbocycles. The van der Waals surface area contributed by atoms with Crippen molar-refractivity contribution in [2.24, 2.45) is 5.92 Å². The van der Waals surface area contributed by atoms with Crippen molar-refractivity contribution in [1.29, 1.82) is 0 Å². The Labute approximate surface area is 238 Å². The van der Waals surface area contributed by atoms with Gasteiger partial charge in [0.2, 0.25) is 5.76 Å². The predicted molar refractivity (Wildman–Crippen MR) is 155 cm³/mol. The number of aromatic nitrogens is 1. The fourth-order valence-corrected chi connectivity index (χ4v) is 5.68. The van der Waals surface area contributed by atoms with Crippen molar-refractivity contribution >= 4 is 27.9 Å². The van der Waals surface area contributed by atoms with Crippen LogP contribution >= 0.6 is 0 Å². The van der Waals surface area contributed by atoms with Crippen LogP contribution in [0.1, 0.15) is 54.1 Å². The van der Waals surface area contributed by atoms with Gasteiger partial charge < -0.3 is 28.4 Å². The first-order valence-corrected chi connectivity index (χ1v) is 14.1. The highest BCUT2D eigenvalue weighted by molar-refractivity contribution is 5.93. The fourth-order valence-electron chi connectivity index (χ4n) is 5.68. The molecule has 0 aliphatic carbocycles. The number of benzene rings is 2. The highest BCUT2D eigenvalue weighted by Crippen LogP contribution is 2.42. The minimum absolute atomic E-state index is 0.168. The zero-order chi connectivity index (χ0) is 28.4. The Morgan fingerprint density at radius 2 is 2.02 bits per heavy atom. The van der Waals surface area contributed by atoms with Crippen molar-refractivity contribution in [2.75, 3.05) is 19.7 Å². The Kier molecular flexibility index (Phi) is 7.41. The van der Waals surface area contributed by atoms with Crippen molar-refractivity contribution in [3.8, 4) is 11.5 Å². The van der Waals surface area contributed by atoms with E-state index >= 15 is 0 Å². The van der Waals surface area contributed by atoms with Gasteiger partial charge in [-0.1, -0.05) is 12.1 Å². The third-order valence-electron chi connectivity index (χ3n) is 7.98. The molecule has 0 amide bonds. The summed E-state index contributed by atoms with van der Waals surface area (Å²) in [6.07, 6.45) is 5.87. The van der Waals surface area contributed by atoms with Crippen LogP contribution in [-0.4, -0.2) is 30.6 Å². The van der Waals surface area contributed by atoms with Crippen molar-refractivity contribution in [3.05, 3.63) is 89.6 Å². The van der Waals surface area contributed by atoms with Gasteiger partial charge in [0.25, 0.3) is 0 Å². The van der Waals surface area contributed by atoms with E-state index in [1.165, 1.54) is 0 Å². The Hall–Kier alpha value is -4.30. The van der Waals surface area contributed by atoms with Gasteiger partial charge in [-0.2, -0.15) is 0 Å². The van der Waals surface area contributed by atoms with E-state index in [-0.39, 0.29) is 24.9 Å². The topological polar surface area (TPSA) is 96.0 Å². The molecule has 8 heteroatoms. The average molecular weight is 555 g/mol. The van der Waals surface area contributed by atoms with Crippen molar-refractivity contribution in [2.45, 2.75) is 45.8 Å². The molecule has 1 fully saturated rings. The second kappa shape index (κ2) is 11.3. The highest BCUT2D eigenvalue weighted by atomic mass is 16.5. The number of hydrogen-bond donors (Lipinski definition) is 1. The molecular formula is C33H34N2O6. The number of esters is 1. The molecule has 8 nitrogen and oxygen atoms in total. The Balaban J connectivity index is 1.27. The number of ether oxygens (including phenoxy) is 3. The van der Waals surface area contributed by atoms with E-state index in [1.54, 1.807) is 25.3 Å². The van der Waals surface area contributed by atoms with E-state index in [9.17, 15) is 4.79 Å². The monoisotopic (exact) mass is 554 g/mol. The first-order chi connectivity index (χ1) is 20.0. The van der Waals surface area contributed by atoms with Gasteiger partial charge in [0.1, 0.15) is 40.6 Å². The van der Waals surface area contributed by atoms with Crippen LogP contribution in [0, 0.1) is 12.8 Å². The smallest absolute Gasteiger partial charge is 0.374 e. The summed E-state index contributed by atoms with van der Waals surface area (Å²) in [5.74, 6) is 2.10. The molecule has 1 aliphatic rings. The zero-order valence-corrected chi connectivity index (χ0v) is 23.6. The van der Waals surface area contributed by atoms with Crippen LogP contribution in [0.15, 0.2) is 75.8 Å². The van der Waals surface area contributed by atoms with Gasteiger partial charge in [0.05, 0.1) is 12.0 Å². The van der Waals surface area contributed by atoms with Crippen molar-refractivity contribution in [1.82, 2.24) is 10.3 Å². The van der Waals surface area contributed by atoms with Gasteiger partial charge >= 0.3 is 5.97 Å². The van der Waals surface area contributed by atoms with Gasteiger partial charge in [-0.3, -0.25) is 4.98 Å². The maximum atomic E-state index is 12.0. The number of carbonyl (C=O) groups excluding carboxylic acids is 1. The fraction of sp³-hybridized carbons (Fsp3) is 0.333. The molecule has 1 aliphatic heterocycles. The second-order valence-electron chi connectivity index (χ2n) is 10.6. The van der Waals surface area contributed by atoms with Crippen molar-refractivity contribution < 1.29 is 27.8 Å². The summed E-state index contributed by atoms with van der Waals surface area (Å²) >= 11 is 0. The number of nitrogens with zero attached hydrogens (tertiary/aromatic N) is 1. The van der Waals surface area contributed by atoms with Gasteiger partial charge in [0, 0.05) is 41.4 Å². The van der Waals surface area contributed by atoms with Crippen LogP contribution in [0.2, 0.25) is 0 Å². The molecule has 5 aromatic rings. The van der Waals surface area contributed by atoms with E-state index < -0.39 is 11.6 Å². The quantitative estimate of drug-likeness (QED) is 0.196. The molecule has 1 saturated heterocycles. The zero-order valence-electron chi connectivity index (χ0n) is 23.6. The first-order valence-electron chi connectivity index (χ1n) is 14.1. The number of rotatable bonds is 9. The third-order valence-corrected chi connectivity index (χ3v) is 7.98. The standard InChI is InChI=1S/C33H34N2O6/c1-4-37-32(36)29-17-22-16-25(12-13-26(22)39-29)38-20-30-21(2)31-27(40-30)10-5-11-28(31)41-33(3,23-8-6-14-34-18-23)24-9-7-15-35-19-24/h5-6,8,10-14,16-18,24,35H,4,7,9,15,19-20H2,1-3H3. The maximum Gasteiger partial charge on any atom is 0.374 e. The maximum absolute atomic E-state index is 12.0. The Morgan fingerprint density at radius 3 is 2.80 bits per heavy atom. The second-order valence-corrected chi connectivity index (χ2v) is 10.6. The Bertz CT molecular complexity index is 1670. The molecule has 4 heterocycles. The minimum atomic E-state index is -0.571. The van der Waals surface area contributed by atoms with Crippen LogP contribution in [0.3, 0.4) is 0 Å². The molecule has 0 radical (unpaired) electrons. The number of nitrogens with one attached hydrogen (secondary N) is 1. The molecular weight excluding hydrogens is 520 g/mol. The molecule has 2 atom stereocenters. The minimum Gasteiger partial charge on any atom is -0.486 e. The van der Waals surface area contributed by atoms with E-state index in [0.29, 0.717) is 11.3 Å². The number of piperidine rings is 1. The highest BCUT2D eigenvalue weighted by Gasteiger charge is 2.40. The summed E-state index contributed by atoms with van der Waals surface area (Å²) < 4.78 is 30.0. The van der Waals surface area contributed by atoms with Crippen LogP contribution in [0.25, 0.3) is 21.9 Å². The number of carbonyl (C=O) groups is 1. The lowest BCUT2D eigenvalue weighted by atomic mass is 9.79. The largest absolute Gasteiger partial charge is 0.486 e. The van der Waals surface area contributed by atoms with Gasteiger partial charge in [-0.05, 0) is 82.6 Å². The summed E-state index contributed by atoms with van der Waals surface area (Å²) in [7, 11) is 0. The molecule has 2 aromatic carbocycles. The number of aryl methyl sites for hydroxylation is 1. The molecule has 3 aromatic heterocycles. The van der Waals surface area contributed by atoms with E-state index in [4.69, 9.17) is 23.0 Å². The number of pyridine rings is 1. The number of fused-ring (bicyclic) bond motifs is 2. The average Bonchev–Trinajstić information content (AvgIpc) is 3.58. The lowest BCUT2D eigenvalue weighted by Gasteiger charge is -2.40. The normalized spacial score (nSPS) is 16.9. The molecule has 6 rings (SSSR count). The molecule has 41 heavy (non-hydrogen) atoms. The van der Waals surface area contributed by atoms with Gasteiger partial charge in [0.15, 0.2) is 0 Å². The van der Waals surface area contributed by atoms with Crippen molar-refractivity contribution in [3.63, 3.8) is 0 Å². The summed E-state index contributed by atoms with van der Waals surface area (Å²) in [6, 6.07) is 17.1. The van der Waals surface area contributed by atoms with E-state index in [2.05, 4.69) is 23.3 Å². The first kappa shape index (κ1) is 26.9. The molecule has 1 N–H and O–H groups in total. The lowest BCUT2D eigenvalue weighted by molar-refractivity contribution is 0.0110.